The van der Waals surface area contributed by atoms with Gasteiger partial charge in [-0.25, -0.2) is 0 Å². The van der Waals surface area contributed by atoms with E-state index < -0.39 is 5.91 Å². The molecule has 0 saturated heterocycles. The maximum Gasteiger partial charge on any atom is 0.269 e. The highest BCUT2D eigenvalue weighted by Gasteiger charge is 2.14. The highest BCUT2D eigenvalue weighted by atomic mass is 35.5. The second kappa shape index (κ2) is 8.60. The van der Waals surface area contributed by atoms with Crippen molar-refractivity contribution in [2.45, 2.75) is 6.42 Å². The van der Waals surface area contributed by atoms with Crippen LogP contribution in [-0.2, 0) is 11.2 Å². The second-order valence-electron chi connectivity index (χ2n) is 5.00. The van der Waals surface area contributed by atoms with Gasteiger partial charge in [0.25, 0.3) is 5.91 Å². The van der Waals surface area contributed by atoms with Crippen LogP contribution in [0.15, 0.2) is 36.4 Å². The highest BCUT2D eigenvalue weighted by molar-refractivity contribution is 6.37. The Kier molecular flexibility index (Phi) is 6.50. The Morgan fingerprint density at radius 3 is 2.08 bits per heavy atom. The first kappa shape index (κ1) is 18.9. The minimum Gasteiger partial charge on any atom is -0.497 e. The largest absolute Gasteiger partial charge is 0.497 e. The van der Waals surface area contributed by atoms with Crippen molar-refractivity contribution in [1.82, 2.24) is 10.9 Å². The van der Waals surface area contributed by atoms with Crippen LogP contribution in [0.5, 0.6) is 11.5 Å². The second-order valence-corrected chi connectivity index (χ2v) is 5.81. The maximum absolute atomic E-state index is 12.1. The number of benzene rings is 2. The van der Waals surface area contributed by atoms with Crippen molar-refractivity contribution in [1.29, 1.82) is 0 Å². The molecule has 0 aliphatic carbocycles. The van der Waals surface area contributed by atoms with Gasteiger partial charge < -0.3 is 9.47 Å². The molecule has 0 radical (unpaired) electrons. The molecule has 0 unspecified atom stereocenters. The smallest absolute Gasteiger partial charge is 0.269 e. The number of rotatable bonds is 5. The summed E-state index contributed by atoms with van der Waals surface area (Å²) in [5.74, 6) is 0.0629. The Bertz CT molecular complexity index is 756. The fourth-order valence-corrected chi connectivity index (χ4v) is 2.70. The predicted octanol–water partition coefficient (Wildman–Crippen LogP) is 3.01. The topological polar surface area (TPSA) is 76.7 Å². The molecule has 0 fully saturated rings. The Morgan fingerprint density at radius 1 is 0.960 bits per heavy atom. The number of hydrazine groups is 1. The van der Waals surface area contributed by atoms with Crippen molar-refractivity contribution in [2.24, 2.45) is 0 Å². The number of methoxy groups -OCH3 is 2. The summed E-state index contributed by atoms with van der Waals surface area (Å²) in [4.78, 5) is 24.0. The van der Waals surface area contributed by atoms with E-state index in [1.165, 1.54) is 19.2 Å². The molecule has 6 nitrogen and oxygen atoms in total. The molecule has 0 aliphatic rings. The fraction of sp³-hybridized carbons (Fsp3) is 0.176. The molecule has 2 aromatic rings. The lowest BCUT2D eigenvalue weighted by Crippen LogP contribution is -2.42. The average Bonchev–Trinajstić information content (AvgIpc) is 2.60. The van der Waals surface area contributed by atoms with Gasteiger partial charge in [-0.05, 0) is 29.8 Å². The third-order valence-corrected chi connectivity index (χ3v) is 3.87. The van der Waals surface area contributed by atoms with Crippen molar-refractivity contribution in [3.05, 3.63) is 57.6 Å². The molecule has 0 atom stereocenters. The molecule has 2 aromatic carbocycles. The number of amides is 2. The zero-order valence-electron chi connectivity index (χ0n) is 13.6. The minimum atomic E-state index is -0.547. The van der Waals surface area contributed by atoms with E-state index in [0.29, 0.717) is 5.75 Å². The quantitative estimate of drug-likeness (QED) is 0.779. The molecule has 2 N–H and O–H groups in total. The van der Waals surface area contributed by atoms with Gasteiger partial charge in [-0.1, -0.05) is 35.3 Å². The summed E-state index contributed by atoms with van der Waals surface area (Å²) in [5, 5.41) is 0.398. The third kappa shape index (κ3) is 5.01. The van der Waals surface area contributed by atoms with Crippen LogP contribution in [0.1, 0.15) is 15.9 Å². The third-order valence-electron chi connectivity index (χ3n) is 3.30. The molecular weight excluding hydrogens is 367 g/mol. The van der Waals surface area contributed by atoms with Crippen LogP contribution in [0.25, 0.3) is 0 Å². The predicted molar refractivity (Wildman–Crippen MR) is 95.3 cm³/mol. The summed E-state index contributed by atoms with van der Waals surface area (Å²) in [6.45, 7) is 0. The van der Waals surface area contributed by atoms with Crippen LogP contribution in [0, 0.1) is 0 Å². The number of ether oxygens (including phenoxy) is 2. The molecule has 132 valence electrons. The fourth-order valence-electron chi connectivity index (χ4n) is 2.06. The maximum atomic E-state index is 12.1. The summed E-state index contributed by atoms with van der Waals surface area (Å²) >= 11 is 12.0. The normalized spacial score (nSPS) is 10.1. The number of hydrogen-bond acceptors (Lipinski definition) is 4. The molecule has 2 rings (SSSR count). The first-order valence-electron chi connectivity index (χ1n) is 7.19. The number of carbonyl (C=O) groups excluding carboxylic acids is 2. The van der Waals surface area contributed by atoms with Gasteiger partial charge in [-0.15, -0.1) is 0 Å². The van der Waals surface area contributed by atoms with Gasteiger partial charge in [0.05, 0.1) is 30.7 Å². The van der Waals surface area contributed by atoms with Crippen molar-refractivity contribution >= 4 is 35.0 Å². The Labute approximate surface area is 155 Å². The van der Waals surface area contributed by atoms with E-state index in [0.717, 1.165) is 5.56 Å². The lowest BCUT2D eigenvalue weighted by atomic mass is 10.1. The molecular formula is C17H16Cl2N2O4. The van der Waals surface area contributed by atoms with Gasteiger partial charge >= 0.3 is 0 Å². The van der Waals surface area contributed by atoms with Gasteiger partial charge in [-0.2, -0.15) is 0 Å². The molecule has 25 heavy (non-hydrogen) atoms. The Hall–Kier alpha value is -2.44. The lowest BCUT2D eigenvalue weighted by molar-refractivity contribution is -0.121. The summed E-state index contributed by atoms with van der Waals surface area (Å²) < 4.78 is 10.1. The van der Waals surface area contributed by atoms with Crippen LogP contribution < -0.4 is 20.3 Å². The average molecular weight is 383 g/mol. The summed E-state index contributed by atoms with van der Waals surface area (Å²) in [6.07, 6.45) is 0.106. The van der Waals surface area contributed by atoms with Crippen molar-refractivity contribution < 1.29 is 19.1 Å². The van der Waals surface area contributed by atoms with Crippen LogP contribution in [0.3, 0.4) is 0 Å². The standard InChI is InChI=1S/C17H16Cl2N2O4/c1-24-12-5-3-10(4-6-12)7-15(22)20-21-17(23)11-8-13(18)16(25-2)14(19)9-11/h3-6,8-9H,7H2,1-2H3,(H,20,22)(H,21,23). The van der Waals surface area contributed by atoms with Crippen molar-refractivity contribution in [2.75, 3.05) is 14.2 Å². The molecule has 2 amide bonds. The van der Waals surface area contributed by atoms with Gasteiger partial charge in [0.1, 0.15) is 5.75 Å². The summed E-state index contributed by atoms with van der Waals surface area (Å²) in [5.41, 5.74) is 5.63. The van der Waals surface area contributed by atoms with E-state index in [9.17, 15) is 9.59 Å². The Balaban J connectivity index is 1.93. The van der Waals surface area contributed by atoms with E-state index in [-0.39, 0.29) is 33.7 Å². The van der Waals surface area contributed by atoms with Gasteiger partial charge in [0.15, 0.2) is 5.75 Å². The zero-order valence-corrected chi connectivity index (χ0v) is 15.1. The van der Waals surface area contributed by atoms with Gasteiger partial charge in [0.2, 0.25) is 5.91 Å². The van der Waals surface area contributed by atoms with Gasteiger partial charge in [-0.3, -0.25) is 20.4 Å². The molecule has 0 spiro atoms. The zero-order chi connectivity index (χ0) is 18.4. The van der Waals surface area contributed by atoms with Crippen molar-refractivity contribution in [3.8, 4) is 11.5 Å². The molecule has 0 saturated carbocycles. The van der Waals surface area contributed by atoms with E-state index >= 15 is 0 Å². The van der Waals surface area contributed by atoms with Crippen LogP contribution in [-0.4, -0.2) is 26.0 Å². The monoisotopic (exact) mass is 382 g/mol. The van der Waals surface area contributed by atoms with Gasteiger partial charge in [0, 0.05) is 5.56 Å². The first-order valence-corrected chi connectivity index (χ1v) is 7.95. The molecule has 0 aromatic heterocycles. The van der Waals surface area contributed by atoms with E-state index in [4.69, 9.17) is 32.7 Å². The number of hydrogen-bond donors (Lipinski definition) is 2. The van der Waals surface area contributed by atoms with E-state index in [1.54, 1.807) is 31.4 Å². The number of carbonyl (C=O) groups is 2. The van der Waals surface area contributed by atoms with E-state index in [1.807, 2.05) is 0 Å². The lowest BCUT2D eigenvalue weighted by Gasteiger charge is -2.10. The molecule has 0 bridgehead atoms. The molecule has 8 heteroatoms. The Morgan fingerprint density at radius 2 is 1.56 bits per heavy atom. The molecule has 0 aliphatic heterocycles. The van der Waals surface area contributed by atoms with Crippen LogP contribution in [0.4, 0.5) is 0 Å². The highest BCUT2D eigenvalue weighted by Crippen LogP contribution is 2.33. The van der Waals surface area contributed by atoms with Crippen molar-refractivity contribution in [3.63, 3.8) is 0 Å². The first-order chi connectivity index (χ1) is 11.9. The number of nitrogens with one attached hydrogen (secondary N) is 2. The van der Waals surface area contributed by atoms with E-state index in [2.05, 4.69) is 10.9 Å². The van der Waals surface area contributed by atoms with Crippen LogP contribution in [0.2, 0.25) is 10.0 Å². The molecule has 0 heterocycles. The summed E-state index contributed by atoms with van der Waals surface area (Å²) in [6, 6.07) is 9.84. The number of halogens is 2. The van der Waals surface area contributed by atoms with Crippen LogP contribution >= 0.6 is 23.2 Å². The summed E-state index contributed by atoms with van der Waals surface area (Å²) in [7, 11) is 2.99. The SMILES string of the molecule is COc1ccc(CC(=O)NNC(=O)c2cc(Cl)c(OC)c(Cl)c2)cc1. The minimum absolute atomic E-state index is 0.106.